The van der Waals surface area contributed by atoms with Crippen LogP contribution < -0.4 is 9.47 Å². The largest absolute Gasteiger partial charge is 0.490 e. The monoisotopic (exact) mass is 394 g/mol. The summed E-state index contributed by atoms with van der Waals surface area (Å²) in [7, 11) is 0. The summed E-state index contributed by atoms with van der Waals surface area (Å²) in [6.07, 6.45) is 2.77. The number of hydrogen-bond acceptors (Lipinski definition) is 4. The predicted octanol–water partition coefficient (Wildman–Crippen LogP) is 5.04. The lowest BCUT2D eigenvalue weighted by Gasteiger charge is -2.15. The van der Waals surface area contributed by atoms with Gasteiger partial charge in [0.1, 0.15) is 36.9 Å². The third-order valence-corrected chi connectivity index (χ3v) is 5.41. The second-order valence-corrected chi connectivity index (χ2v) is 8.28. The Labute approximate surface area is 173 Å². The zero-order valence-electron chi connectivity index (χ0n) is 18.0. The first kappa shape index (κ1) is 20.0. The van der Waals surface area contributed by atoms with Gasteiger partial charge in [-0.3, -0.25) is 0 Å². The summed E-state index contributed by atoms with van der Waals surface area (Å²) in [5, 5.41) is 0. The quantitative estimate of drug-likeness (QED) is 0.465. The molecule has 2 fully saturated rings. The van der Waals surface area contributed by atoms with E-state index in [-0.39, 0.29) is 12.2 Å². The molecule has 0 saturated carbocycles. The van der Waals surface area contributed by atoms with Gasteiger partial charge in [0.2, 0.25) is 0 Å². The first-order valence-corrected chi connectivity index (χ1v) is 10.3. The molecule has 2 saturated heterocycles. The molecule has 2 unspecified atom stereocenters. The van der Waals surface area contributed by atoms with Gasteiger partial charge in [0, 0.05) is 0 Å². The molecule has 0 aliphatic carbocycles. The maximum Gasteiger partial charge on any atom is 0.125 e. The van der Waals surface area contributed by atoms with Gasteiger partial charge in [0.05, 0.1) is 13.2 Å². The topological polar surface area (TPSA) is 43.5 Å². The van der Waals surface area contributed by atoms with E-state index in [1.807, 2.05) is 0 Å². The summed E-state index contributed by atoms with van der Waals surface area (Å²) in [4.78, 5) is 0. The molecule has 154 valence electrons. The van der Waals surface area contributed by atoms with Gasteiger partial charge in [-0.25, -0.2) is 0 Å². The highest BCUT2D eigenvalue weighted by Crippen LogP contribution is 2.31. The van der Waals surface area contributed by atoms with Gasteiger partial charge in [-0.1, -0.05) is 6.08 Å². The Bertz CT molecular complexity index is 890. The van der Waals surface area contributed by atoms with E-state index in [0.717, 1.165) is 47.0 Å². The summed E-state index contributed by atoms with van der Waals surface area (Å²) in [6, 6.07) is 8.78. The molecule has 2 aliphatic rings. The van der Waals surface area contributed by atoms with E-state index in [1.165, 1.54) is 16.7 Å². The fourth-order valence-electron chi connectivity index (χ4n) is 3.71. The predicted molar refractivity (Wildman–Crippen MR) is 116 cm³/mol. The summed E-state index contributed by atoms with van der Waals surface area (Å²) in [6.45, 7) is 13.5. The summed E-state index contributed by atoms with van der Waals surface area (Å²) in [5.41, 5.74) is 8.27. The molecule has 2 aliphatic heterocycles. The van der Waals surface area contributed by atoms with Crippen molar-refractivity contribution in [2.75, 3.05) is 26.4 Å². The van der Waals surface area contributed by atoms with Crippen LogP contribution in [-0.4, -0.2) is 38.6 Å². The second-order valence-electron chi connectivity index (χ2n) is 8.28. The van der Waals surface area contributed by atoms with Crippen molar-refractivity contribution in [3.63, 3.8) is 0 Å². The van der Waals surface area contributed by atoms with E-state index in [9.17, 15) is 0 Å². The molecule has 0 amide bonds. The Hall–Kier alpha value is -2.30. The zero-order valence-corrected chi connectivity index (χ0v) is 18.0. The maximum atomic E-state index is 5.97. The van der Waals surface area contributed by atoms with Gasteiger partial charge >= 0.3 is 0 Å². The van der Waals surface area contributed by atoms with E-state index >= 15 is 0 Å². The SMILES string of the molecule is C/C(=C/c1cc(C)c(OCC2CO2)c(C)c1)c1cc(C)c(OCC2CO2)c(C)c1. The molecule has 0 N–H and O–H groups in total. The minimum atomic E-state index is 0.269. The van der Waals surface area contributed by atoms with Gasteiger partial charge in [-0.2, -0.15) is 0 Å². The number of hydrogen-bond donors (Lipinski definition) is 0. The summed E-state index contributed by atoms with van der Waals surface area (Å²) in [5.74, 6) is 1.95. The molecule has 0 aromatic heterocycles. The smallest absolute Gasteiger partial charge is 0.125 e. The normalized spacial score (nSPS) is 20.5. The van der Waals surface area contributed by atoms with Crippen LogP contribution in [0.15, 0.2) is 24.3 Å². The van der Waals surface area contributed by atoms with Crippen molar-refractivity contribution in [3.05, 3.63) is 57.6 Å². The van der Waals surface area contributed by atoms with Crippen molar-refractivity contribution in [2.45, 2.75) is 46.8 Å². The lowest BCUT2D eigenvalue weighted by Crippen LogP contribution is -2.06. The molecule has 0 radical (unpaired) electrons. The fourth-order valence-corrected chi connectivity index (χ4v) is 3.71. The third-order valence-electron chi connectivity index (χ3n) is 5.41. The molecule has 2 atom stereocenters. The van der Waals surface area contributed by atoms with E-state index in [4.69, 9.17) is 18.9 Å². The van der Waals surface area contributed by atoms with E-state index in [1.54, 1.807) is 0 Å². The molecule has 0 bridgehead atoms. The highest BCUT2D eigenvalue weighted by atomic mass is 16.6. The first-order valence-electron chi connectivity index (χ1n) is 10.3. The van der Waals surface area contributed by atoms with Crippen LogP contribution in [0.1, 0.15) is 40.3 Å². The van der Waals surface area contributed by atoms with E-state index in [0.29, 0.717) is 13.2 Å². The zero-order chi connectivity index (χ0) is 20.5. The lowest BCUT2D eigenvalue weighted by molar-refractivity contribution is 0.260. The van der Waals surface area contributed by atoms with E-state index in [2.05, 4.69) is 65.0 Å². The number of allylic oxidation sites excluding steroid dienone is 1. The van der Waals surface area contributed by atoms with Crippen LogP contribution in [0, 0.1) is 27.7 Å². The molecule has 4 nitrogen and oxygen atoms in total. The molecular weight excluding hydrogens is 364 g/mol. The number of ether oxygens (including phenoxy) is 4. The van der Waals surface area contributed by atoms with Crippen LogP contribution in [0.4, 0.5) is 0 Å². The Morgan fingerprint density at radius 1 is 0.828 bits per heavy atom. The van der Waals surface area contributed by atoms with Crippen molar-refractivity contribution in [3.8, 4) is 11.5 Å². The number of rotatable bonds is 8. The molecule has 29 heavy (non-hydrogen) atoms. The molecule has 2 aromatic rings. The maximum absolute atomic E-state index is 5.97. The molecule has 0 spiro atoms. The van der Waals surface area contributed by atoms with Crippen molar-refractivity contribution in [1.82, 2.24) is 0 Å². The van der Waals surface area contributed by atoms with Gasteiger partial charge in [-0.05, 0) is 97.8 Å². The minimum Gasteiger partial charge on any atom is -0.490 e. The van der Waals surface area contributed by atoms with Crippen molar-refractivity contribution in [1.29, 1.82) is 0 Å². The molecule has 4 heteroatoms. The van der Waals surface area contributed by atoms with Crippen molar-refractivity contribution >= 4 is 11.6 Å². The van der Waals surface area contributed by atoms with Gasteiger partial charge < -0.3 is 18.9 Å². The molecule has 4 rings (SSSR count). The molecular formula is C25H30O4. The first-order chi connectivity index (χ1) is 13.9. The Morgan fingerprint density at radius 3 is 1.66 bits per heavy atom. The van der Waals surface area contributed by atoms with Crippen LogP contribution in [0.25, 0.3) is 11.6 Å². The van der Waals surface area contributed by atoms with Crippen LogP contribution in [-0.2, 0) is 9.47 Å². The Morgan fingerprint density at radius 2 is 1.24 bits per heavy atom. The van der Waals surface area contributed by atoms with Crippen LogP contribution in [0.3, 0.4) is 0 Å². The van der Waals surface area contributed by atoms with Crippen molar-refractivity contribution in [2.24, 2.45) is 0 Å². The standard InChI is InChI=1S/C25H30O4/c1-15(21-9-18(4)25(19(5)10-21)29-14-23-12-27-23)6-20-7-16(2)24(17(3)8-20)28-13-22-11-26-22/h6-10,22-23H,11-14H2,1-5H3/b15-6-. The molecule has 2 aromatic carbocycles. The van der Waals surface area contributed by atoms with Crippen molar-refractivity contribution < 1.29 is 18.9 Å². The summed E-state index contributed by atoms with van der Waals surface area (Å²) >= 11 is 0. The van der Waals surface area contributed by atoms with Crippen LogP contribution in [0.5, 0.6) is 11.5 Å². The fraction of sp³-hybridized carbons (Fsp3) is 0.440. The number of benzene rings is 2. The van der Waals surface area contributed by atoms with Crippen LogP contribution >= 0.6 is 0 Å². The average Bonchev–Trinajstić information content (AvgIpc) is 3.55. The van der Waals surface area contributed by atoms with Gasteiger partial charge in [0.15, 0.2) is 0 Å². The highest BCUT2D eigenvalue weighted by Gasteiger charge is 2.24. The van der Waals surface area contributed by atoms with Crippen LogP contribution in [0.2, 0.25) is 0 Å². The lowest BCUT2D eigenvalue weighted by atomic mass is 9.97. The number of aryl methyl sites for hydroxylation is 4. The Balaban J connectivity index is 1.52. The second kappa shape index (κ2) is 8.21. The number of epoxide rings is 2. The average molecular weight is 395 g/mol. The Kier molecular flexibility index (Phi) is 5.66. The van der Waals surface area contributed by atoms with E-state index < -0.39 is 0 Å². The third kappa shape index (κ3) is 5.01. The molecule has 2 heterocycles. The van der Waals surface area contributed by atoms with Gasteiger partial charge in [0.25, 0.3) is 0 Å². The minimum absolute atomic E-state index is 0.269. The van der Waals surface area contributed by atoms with Gasteiger partial charge in [-0.15, -0.1) is 0 Å². The summed E-state index contributed by atoms with van der Waals surface area (Å²) < 4.78 is 22.4. The highest BCUT2D eigenvalue weighted by molar-refractivity contribution is 5.81.